The number of esters is 1. The second kappa shape index (κ2) is 2.77. The smallest absolute Gasteiger partial charge is 0.335 e. The molecule has 1 heterocycles. The molecule has 0 aromatic rings. The van der Waals surface area contributed by atoms with E-state index in [2.05, 4.69) is 5.32 Å². The first-order valence-corrected chi connectivity index (χ1v) is 4.02. The van der Waals surface area contributed by atoms with E-state index in [1.165, 1.54) is 0 Å². The van der Waals surface area contributed by atoms with Gasteiger partial charge in [-0.05, 0) is 13.8 Å². The molecular weight excluding hydrogens is 158 g/mol. The Morgan fingerprint density at radius 3 is 2.67 bits per heavy atom. The lowest BCUT2D eigenvalue weighted by molar-refractivity contribution is -0.190. The van der Waals surface area contributed by atoms with Crippen LogP contribution < -0.4 is 5.32 Å². The average Bonchev–Trinajstić information content (AvgIpc) is 2.04. The summed E-state index contributed by atoms with van der Waals surface area (Å²) in [5.41, 5.74) is -0.799. The van der Waals surface area contributed by atoms with Crippen molar-refractivity contribution in [3.8, 4) is 0 Å². The molecule has 2 atom stereocenters. The summed E-state index contributed by atoms with van der Waals surface area (Å²) in [6, 6.07) is 0. The minimum atomic E-state index is -0.799. The standard InChI is InChI=1S/C8H13NO3/c1-4-6(10)9-8(3)5(2)12-7(8)11/h5H,4H2,1-3H3,(H,9,10)/t5-,8-/m1/s1. The van der Waals surface area contributed by atoms with E-state index in [9.17, 15) is 9.59 Å². The van der Waals surface area contributed by atoms with Gasteiger partial charge in [0.05, 0.1) is 0 Å². The zero-order valence-corrected chi connectivity index (χ0v) is 7.51. The summed E-state index contributed by atoms with van der Waals surface area (Å²) in [6.07, 6.45) is 0.163. The van der Waals surface area contributed by atoms with Crippen molar-refractivity contribution >= 4 is 11.9 Å². The van der Waals surface area contributed by atoms with Crippen molar-refractivity contribution in [2.24, 2.45) is 0 Å². The van der Waals surface area contributed by atoms with E-state index in [0.717, 1.165) is 0 Å². The summed E-state index contributed by atoms with van der Waals surface area (Å²) in [5.74, 6) is -0.474. The van der Waals surface area contributed by atoms with Crippen molar-refractivity contribution in [3.63, 3.8) is 0 Å². The van der Waals surface area contributed by atoms with E-state index in [0.29, 0.717) is 6.42 Å². The molecule has 1 amide bonds. The molecule has 0 aromatic heterocycles. The molecule has 0 saturated carbocycles. The van der Waals surface area contributed by atoms with Crippen LogP contribution in [-0.4, -0.2) is 23.5 Å². The first-order valence-electron chi connectivity index (χ1n) is 4.02. The maximum absolute atomic E-state index is 11.0. The number of hydrogen-bond acceptors (Lipinski definition) is 3. The van der Waals surface area contributed by atoms with E-state index in [-0.39, 0.29) is 18.0 Å². The van der Waals surface area contributed by atoms with E-state index in [1.807, 2.05) is 0 Å². The van der Waals surface area contributed by atoms with Gasteiger partial charge in [0, 0.05) is 6.42 Å². The Bertz CT molecular complexity index is 226. The fraction of sp³-hybridized carbons (Fsp3) is 0.750. The van der Waals surface area contributed by atoms with Gasteiger partial charge in [-0.2, -0.15) is 0 Å². The summed E-state index contributed by atoms with van der Waals surface area (Å²) in [4.78, 5) is 22.0. The van der Waals surface area contributed by atoms with Crippen LogP contribution in [0.15, 0.2) is 0 Å². The molecule has 0 bridgehead atoms. The molecule has 0 aliphatic carbocycles. The third kappa shape index (κ3) is 1.17. The third-order valence-electron chi connectivity index (χ3n) is 2.24. The number of cyclic esters (lactones) is 1. The van der Waals surface area contributed by atoms with Crippen molar-refractivity contribution in [1.82, 2.24) is 5.32 Å². The molecule has 0 spiro atoms. The molecule has 1 aliphatic rings. The van der Waals surface area contributed by atoms with Gasteiger partial charge in [0.1, 0.15) is 6.10 Å². The Labute approximate surface area is 71.3 Å². The highest BCUT2D eigenvalue weighted by molar-refractivity contribution is 5.92. The summed E-state index contributed by atoms with van der Waals surface area (Å²) in [6.45, 7) is 5.18. The molecule has 0 radical (unpaired) electrons. The topological polar surface area (TPSA) is 55.4 Å². The maximum atomic E-state index is 11.0. The van der Waals surface area contributed by atoms with Crippen molar-refractivity contribution in [1.29, 1.82) is 0 Å². The first-order chi connectivity index (χ1) is 5.50. The highest BCUT2D eigenvalue weighted by Crippen LogP contribution is 2.26. The number of hydrogen-bond donors (Lipinski definition) is 1. The minimum Gasteiger partial charge on any atom is -0.458 e. The van der Waals surface area contributed by atoms with Gasteiger partial charge >= 0.3 is 5.97 Å². The largest absolute Gasteiger partial charge is 0.458 e. The molecule has 4 heteroatoms. The Morgan fingerprint density at radius 1 is 1.75 bits per heavy atom. The highest BCUT2D eigenvalue weighted by Gasteiger charge is 2.52. The molecule has 1 rings (SSSR count). The van der Waals surface area contributed by atoms with Gasteiger partial charge in [-0.1, -0.05) is 6.92 Å². The van der Waals surface area contributed by atoms with Crippen LogP contribution in [0.4, 0.5) is 0 Å². The summed E-state index contributed by atoms with van der Waals surface area (Å²) < 4.78 is 4.75. The van der Waals surface area contributed by atoms with E-state index >= 15 is 0 Å². The van der Waals surface area contributed by atoms with Crippen molar-refractivity contribution in [2.45, 2.75) is 38.8 Å². The van der Waals surface area contributed by atoms with E-state index in [1.54, 1.807) is 20.8 Å². The van der Waals surface area contributed by atoms with Gasteiger partial charge in [-0.3, -0.25) is 4.79 Å². The van der Waals surface area contributed by atoms with Gasteiger partial charge in [-0.15, -0.1) is 0 Å². The second-order valence-corrected chi connectivity index (χ2v) is 3.15. The Kier molecular flexibility index (Phi) is 2.08. The van der Waals surface area contributed by atoms with Crippen LogP contribution in [-0.2, 0) is 14.3 Å². The van der Waals surface area contributed by atoms with Crippen molar-refractivity contribution in [2.75, 3.05) is 0 Å². The fourth-order valence-electron chi connectivity index (χ4n) is 1.04. The summed E-state index contributed by atoms with van der Waals surface area (Å²) in [5, 5.41) is 2.63. The lowest BCUT2D eigenvalue weighted by Gasteiger charge is -2.42. The molecule has 12 heavy (non-hydrogen) atoms. The number of nitrogens with one attached hydrogen (secondary N) is 1. The van der Waals surface area contributed by atoms with Crippen molar-refractivity contribution in [3.05, 3.63) is 0 Å². The van der Waals surface area contributed by atoms with E-state index in [4.69, 9.17) is 4.74 Å². The first kappa shape index (κ1) is 9.03. The number of carbonyl (C=O) groups is 2. The Hall–Kier alpha value is -1.06. The van der Waals surface area contributed by atoms with Crippen LogP contribution in [0, 0.1) is 0 Å². The van der Waals surface area contributed by atoms with Crippen LogP contribution in [0.3, 0.4) is 0 Å². The van der Waals surface area contributed by atoms with Gasteiger partial charge in [0.15, 0.2) is 5.54 Å². The molecule has 68 valence electrons. The predicted octanol–water partition coefficient (Wildman–Crippen LogP) is 0.217. The molecule has 1 aliphatic heterocycles. The number of ether oxygens (including phenoxy) is 1. The quantitative estimate of drug-likeness (QED) is 0.604. The monoisotopic (exact) mass is 171 g/mol. The SMILES string of the molecule is CCC(=O)N[C@@]1(C)C(=O)O[C@@H]1C. The molecule has 0 unspecified atom stereocenters. The second-order valence-electron chi connectivity index (χ2n) is 3.15. The normalized spacial score (nSPS) is 33.6. The zero-order chi connectivity index (χ0) is 9.35. The van der Waals surface area contributed by atoms with Crippen LogP contribution in [0.2, 0.25) is 0 Å². The lowest BCUT2D eigenvalue weighted by Crippen LogP contribution is -2.68. The van der Waals surface area contributed by atoms with Crippen LogP contribution >= 0.6 is 0 Å². The van der Waals surface area contributed by atoms with Crippen LogP contribution in [0.1, 0.15) is 27.2 Å². The Morgan fingerprint density at radius 2 is 2.33 bits per heavy atom. The van der Waals surface area contributed by atoms with Crippen LogP contribution in [0.25, 0.3) is 0 Å². The van der Waals surface area contributed by atoms with Gasteiger partial charge < -0.3 is 10.1 Å². The predicted molar refractivity (Wildman–Crippen MR) is 42.4 cm³/mol. The molecule has 1 saturated heterocycles. The average molecular weight is 171 g/mol. The number of carbonyl (C=O) groups excluding carboxylic acids is 2. The minimum absolute atomic E-state index is 0.124. The maximum Gasteiger partial charge on any atom is 0.335 e. The van der Waals surface area contributed by atoms with Gasteiger partial charge in [0.25, 0.3) is 0 Å². The number of rotatable bonds is 2. The summed E-state index contributed by atoms with van der Waals surface area (Å²) in [7, 11) is 0. The van der Waals surface area contributed by atoms with Gasteiger partial charge in [-0.25, -0.2) is 4.79 Å². The molecule has 1 fully saturated rings. The van der Waals surface area contributed by atoms with Crippen molar-refractivity contribution < 1.29 is 14.3 Å². The number of amides is 1. The molecular formula is C8H13NO3. The fourth-order valence-corrected chi connectivity index (χ4v) is 1.04. The summed E-state index contributed by atoms with van der Waals surface area (Å²) >= 11 is 0. The molecule has 0 aromatic carbocycles. The van der Waals surface area contributed by atoms with Crippen LogP contribution in [0.5, 0.6) is 0 Å². The lowest BCUT2D eigenvalue weighted by atomic mass is 9.90. The third-order valence-corrected chi connectivity index (χ3v) is 2.24. The molecule has 4 nitrogen and oxygen atoms in total. The highest BCUT2D eigenvalue weighted by atomic mass is 16.6. The van der Waals surface area contributed by atoms with Gasteiger partial charge in [0.2, 0.25) is 5.91 Å². The zero-order valence-electron chi connectivity index (χ0n) is 7.51. The van der Waals surface area contributed by atoms with E-state index < -0.39 is 5.54 Å². The molecule has 1 N–H and O–H groups in total. The Balaban J connectivity index is 2.60.